The summed E-state index contributed by atoms with van der Waals surface area (Å²) in [6.07, 6.45) is -6.71. The molecule has 0 amide bonds. The first-order valence-corrected chi connectivity index (χ1v) is 7.62. The van der Waals surface area contributed by atoms with E-state index in [4.69, 9.17) is 4.74 Å². The molecule has 1 aromatic carbocycles. The van der Waals surface area contributed by atoms with E-state index in [1.54, 1.807) is 18.2 Å². The molecular weight excluding hydrogens is 342 g/mol. The standard InChI is InChI=1S/C16H15F4N3O2/c1-3-25-14(24)12-13-22(2)9-6-4-5-7-10(9)23(13)11(8-21)15(12,17)16(18,19)20/h4-7,11-13H,3H2,1-2H3. The zero-order valence-electron chi connectivity index (χ0n) is 13.4. The lowest BCUT2D eigenvalue weighted by atomic mass is 9.85. The minimum atomic E-state index is -5.41. The Labute approximate surface area is 141 Å². The predicted molar refractivity (Wildman–Crippen MR) is 80.5 cm³/mol. The molecule has 0 radical (unpaired) electrons. The molecule has 0 saturated carbocycles. The average molecular weight is 357 g/mol. The number of anilines is 2. The summed E-state index contributed by atoms with van der Waals surface area (Å²) in [5, 5.41) is 9.35. The Morgan fingerprint density at radius 1 is 1.36 bits per heavy atom. The van der Waals surface area contributed by atoms with E-state index in [-0.39, 0.29) is 12.3 Å². The number of nitriles is 1. The highest BCUT2D eigenvalue weighted by Gasteiger charge is 2.78. The van der Waals surface area contributed by atoms with Crippen molar-refractivity contribution in [2.24, 2.45) is 5.92 Å². The van der Waals surface area contributed by atoms with E-state index >= 15 is 4.39 Å². The van der Waals surface area contributed by atoms with Crippen LogP contribution in [0.5, 0.6) is 0 Å². The van der Waals surface area contributed by atoms with Gasteiger partial charge in [0.15, 0.2) is 6.04 Å². The number of hydrogen-bond donors (Lipinski definition) is 0. The van der Waals surface area contributed by atoms with Crippen molar-refractivity contribution < 1.29 is 27.1 Å². The fourth-order valence-corrected chi connectivity index (χ4v) is 3.73. The molecule has 1 aromatic rings. The van der Waals surface area contributed by atoms with E-state index in [1.807, 2.05) is 0 Å². The van der Waals surface area contributed by atoms with Crippen molar-refractivity contribution >= 4 is 17.3 Å². The molecule has 1 saturated heterocycles. The second kappa shape index (κ2) is 5.51. The van der Waals surface area contributed by atoms with Crippen LogP contribution in [0.2, 0.25) is 0 Å². The van der Waals surface area contributed by atoms with E-state index in [9.17, 15) is 23.2 Å². The van der Waals surface area contributed by atoms with Crippen molar-refractivity contribution in [2.45, 2.75) is 31.0 Å². The summed E-state index contributed by atoms with van der Waals surface area (Å²) in [5.41, 5.74) is -3.24. The molecule has 0 spiro atoms. The maximum absolute atomic E-state index is 15.4. The fourth-order valence-electron chi connectivity index (χ4n) is 3.73. The largest absolute Gasteiger partial charge is 0.466 e. The van der Waals surface area contributed by atoms with Gasteiger partial charge in [0.1, 0.15) is 12.1 Å². The average Bonchev–Trinajstić information content (AvgIpc) is 2.98. The van der Waals surface area contributed by atoms with Crippen LogP contribution >= 0.6 is 0 Å². The number of rotatable bonds is 2. The Hall–Kier alpha value is -2.50. The molecule has 2 aliphatic heterocycles. The van der Waals surface area contributed by atoms with Gasteiger partial charge >= 0.3 is 12.1 Å². The number of alkyl halides is 4. The summed E-state index contributed by atoms with van der Waals surface area (Å²) in [6, 6.07) is 5.61. The number of benzene rings is 1. The molecule has 0 aromatic heterocycles. The fraction of sp³-hybridized carbons (Fsp3) is 0.500. The molecule has 4 atom stereocenters. The quantitative estimate of drug-likeness (QED) is 0.602. The van der Waals surface area contributed by atoms with Gasteiger partial charge in [-0.15, -0.1) is 0 Å². The molecule has 9 heteroatoms. The number of hydrogen-bond acceptors (Lipinski definition) is 5. The number of para-hydroxylation sites is 2. The van der Waals surface area contributed by atoms with Gasteiger partial charge in [0.25, 0.3) is 5.67 Å². The van der Waals surface area contributed by atoms with Crippen LogP contribution in [-0.4, -0.2) is 43.7 Å². The first-order valence-electron chi connectivity index (χ1n) is 7.62. The molecule has 3 rings (SSSR count). The molecule has 1 fully saturated rings. The van der Waals surface area contributed by atoms with E-state index in [1.165, 1.54) is 31.0 Å². The maximum Gasteiger partial charge on any atom is 0.426 e. The zero-order valence-corrected chi connectivity index (χ0v) is 13.4. The van der Waals surface area contributed by atoms with Crippen LogP contribution in [-0.2, 0) is 9.53 Å². The molecule has 0 aliphatic carbocycles. The number of fused-ring (bicyclic) bond motifs is 3. The third kappa shape index (κ3) is 2.09. The van der Waals surface area contributed by atoms with Gasteiger partial charge in [0.05, 0.1) is 24.1 Å². The van der Waals surface area contributed by atoms with Gasteiger partial charge in [-0.2, -0.15) is 18.4 Å². The van der Waals surface area contributed by atoms with E-state index in [2.05, 4.69) is 0 Å². The van der Waals surface area contributed by atoms with E-state index < -0.39 is 35.9 Å². The minimum absolute atomic E-state index is 0.191. The summed E-state index contributed by atoms with van der Waals surface area (Å²) in [7, 11) is 1.46. The Bertz CT molecular complexity index is 748. The number of carbonyl (C=O) groups excluding carboxylic acids is 1. The lowest BCUT2D eigenvalue weighted by Crippen LogP contribution is -2.57. The van der Waals surface area contributed by atoms with Gasteiger partial charge < -0.3 is 14.5 Å². The molecule has 2 aliphatic rings. The highest BCUT2D eigenvalue weighted by molar-refractivity contribution is 5.86. The summed E-state index contributed by atoms with van der Waals surface area (Å²) >= 11 is 0. The molecule has 0 N–H and O–H groups in total. The second-order valence-corrected chi connectivity index (χ2v) is 5.95. The highest BCUT2D eigenvalue weighted by atomic mass is 19.4. The van der Waals surface area contributed by atoms with Gasteiger partial charge in [0, 0.05) is 7.05 Å². The van der Waals surface area contributed by atoms with Crippen LogP contribution in [0.4, 0.5) is 28.9 Å². The summed E-state index contributed by atoms with van der Waals surface area (Å²) in [4.78, 5) is 14.7. The Morgan fingerprint density at radius 2 is 1.96 bits per heavy atom. The SMILES string of the molecule is CCOC(=O)C1C2N(C)c3ccccc3N2C(C#N)C1(F)C(F)(F)F. The van der Waals surface area contributed by atoms with Gasteiger partial charge in [-0.3, -0.25) is 4.79 Å². The molecule has 134 valence electrons. The lowest BCUT2D eigenvalue weighted by molar-refractivity contribution is -0.245. The van der Waals surface area contributed by atoms with Crippen LogP contribution in [0.1, 0.15) is 6.92 Å². The van der Waals surface area contributed by atoms with Gasteiger partial charge in [-0.25, -0.2) is 4.39 Å². The number of halogens is 4. The third-order valence-corrected chi connectivity index (χ3v) is 4.75. The number of ether oxygens (including phenoxy) is 1. The third-order valence-electron chi connectivity index (χ3n) is 4.75. The molecule has 4 unspecified atom stereocenters. The molecule has 2 heterocycles. The van der Waals surface area contributed by atoms with Gasteiger partial charge in [-0.05, 0) is 19.1 Å². The first-order chi connectivity index (χ1) is 11.7. The lowest BCUT2D eigenvalue weighted by Gasteiger charge is -2.32. The number of nitrogens with zero attached hydrogens (tertiary/aromatic N) is 3. The smallest absolute Gasteiger partial charge is 0.426 e. The van der Waals surface area contributed by atoms with Crippen molar-refractivity contribution in [3.05, 3.63) is 24.3 Å². The summed E-state index contributed by atoms with van der Waals surface area (Å²) in [6.45, 7) is 1.23. The van der Waals surface area contributed by atoms with Crippen LogP contribution in [0.3, 0.4) is 0 Å². The zero-order chi connectivity index (χ0) is 18.6. The molecular formula is C16H15F4N3O2. The molecule has 0 bridgehead atoms. The number of esters is 1. The van der Waals surface area contributed by atoms with Crippen LogP contribution in [0.25, 0.3) is 0 Å². The maximum atomic E-state index is 15.4. The summed E-state index contributed by atoms with van der Waals surface area (Å²) in [5.74, 6) is -3.51. The summed E-state index contributed by atoms with van der Waals surface area (Å²) < 4.78 is 61.1. The van der Waals surface area contributed by atoms with E-state index in [0.29, 0.717) is 5.69 Å². The molecule has 5 nitrogen and oxygen atoms in total. The topological polar surface area (TPSA) is 56.6 Å². The Balaban J connectivity index is 2.23. The van der Waals surface area contributed by atoms with Gasteiger partial charge in [-0.1, -0.05) is 12.1 Å². The monoisotopic (exact) mass is 357 g/mol. The normalized spacial score (nSPS) is 30.7. The van der Waals surface area contributed by atoms with Crippen molar-refractivity contribution in [2.75, 3.05) is 23.5 Å². The Morgan fingerprint density at radius 3 is 2.48 bits per heavy atom. The second-order valence-electron chi connectivity index (χ2n) is 5.95. The minimum Gasteiger partial charge on any atom is -0.466 e. The molecule has 25 heavy (non-hydrogen) atoms. The number of carbonyl (C=O) groups is 1. The van der Waals surface area contributed by atoms with Crippen LogP contribution in [0, 0.1) is 17.2 Å². The Kier molecular flexibility index (Phi) is 3.82. The van der Waals surface area contributed by atoms with Crippen molar-refractivity contribution in [1.82, 2.24) is 0 Å². The van der Waals surface area contributed by atoms with Crippen molar-refractivity contribution in [3.8, 4) is 6.07 Å². The van der Waals surface area contributed by atoms with E-state index in [0.717, 1.165) is 4.90 Å². The first kappa shape index (κ1) is 17.3. The van der Waals surface area contributed by atoms with Crippen LogP contribution < -0.4 is 9.80 Å². The van der Waals surface area contributed by atoms with Crippen molar-refractivity contribution in [3.63, 3.8) is 0 Å². The van der Waals surface area contributed by atoms with Crippen LogP contribution in [0.15, 0.2) is 24.3 Å². The van der Waals surface area contributed by atoms with Gasteiger partial charge in [0.2, 0.25) is 0 Å². The highest BCUT2D eigenvalue weighted by Crippen LogP contribution is 2.57. The predicted octanol–water partition coefficient (Wildman–Crippen LogP) is 2.62. The van der Waals surface area contributed by atoms with Crippen molar-refractivity contribution in [1.29, 1.82) is 5.26 Å².